The number of hydrogen-bond acceptors (Lipinski definition) is 6. The molecule has 8 heteroatoms. The van der Waals surface area contributed by atoms with Crippen molar-refractivity contribution < 1.29 is 9.32 Å². The number of benzene rings is 1. The van der Waals surface area contributed by atoms with Crippen LogP contribution in [0.3, 0.4) is 0 Å². The molecule has 0 atom stereocenters. The lowest BCUT2D eigenvalue weighted by Gasteiger charge is -2.04. The van der Waals surface area contributed by atoms with Crippen LogP contribution in [0.5, 0.6) is 0 Å². The van der Waals surface area contributed by atoms with Gasteiger partial charge in [-0.1, -0.05) is 23.4 Å². The van der Waals surface area contributed by atoms with E-state index in [0.29, 0.717) is 31.1 Å². The van der Waals surface area contributed by atoms with E-state index >= 15 is 0 Å². The van der Waals surface area contributed by atoms with E-state index in [4.69, 9.17) is 4.52 Å². The second-order valence-corrected chi connectivity index (χ2v) is 6.85. The Bertz CT molecular complexity index is 1010. The van der Waals surface area contributed by atoms with E-state index in [1.54, 1.807) is 17.7 Å². The average molecular weight is 367 g/mol. The molecular formula is C18H17N5O2S. The molecule has 26 heavy (non-hydrogen) atoms. The number of carbonyl (C=O) groups is 1. The molecule has 4 rings (SSSR count). The zero-order valence-corrected chi connectivity index (χ0v) is 14.8. The number of amides is 1. The number of carbonyl (C=O) groups excluding carboxylic acids is 1. The Morgan fingerprint density at radius 3 is 3.04 bits per heavy atom. The van der Waals surface area contributed by atoms with Crippen LogP contribution in [0.2, 0.25) is 0 Å². The van der Waals surface area contributed by atoms with Crippen molar-refractivity contribution in [1.29, 1.82) is 0 Å². The van der Waals surface area contributed by atoms with Crippen molar-refractivity contribution in [2.75, 3.05) is 0 Å². The SMILES string of the molecule is O=C(CCn1cnc2ccccc21)NCc1nc(Cc2cccs2)no1. The molecule has 0 bridgehead atoms. The van der Waals surface area contributed by atoms with Gasteiger partial charge in [0.05, 0.1) is 23.9 Å². The number of rotatable bonds is 7. The molecule has 4 aromatic rings. The van der Waals surface area contributed by atoms with Gasteiger partial charge in [0.2, 0.25) is 11.8 Å². The monoisotopic (exact) mass is 367 g/mol. The molecule has 1 amide bonds. The minimum atomic E-state index is -0.0687. The van der Waals surface area contributed by atoms with Crippen LogP contribution >= 0.6 is 11.3 Å². The molecule has 7 nitrogen and oxygen atoms in total. The summed E-state index contributed by atoms with van der Waals surface area (Å²) in [5, 5.41) is 8.78. The van der Waals surface area contributed by atoms with Crippen molar-refractivity contribution in [3.63, 3.8) is 0 Å². The fourth-order valence-electron chi connectivity index (χ4n) is 2.68. The van der Waals surface area contributed by atoms with Crippen LogP contribution in [0, 0.1) is 0 Å². The van der Waals surface area contributed by atoms with E-state index in [0.717, 1.165) is 11.0 Å². The number of hydrogen-bond donors (Lipinski definition) is 1. The largest absolute Gasteiger partial charge is 0.347 e. The number of aryl methyl sites for hydroxylation is 1. The first kappa shape index (κ1) is 16.5. The molecule has 0 saturated heterocycles. The third-order valence-corrected chi connectivity index (χ3v) is 4.84. The van der Waals surface area contributed by atoms with Crippen LogP contribution in [-0.2, 0) is 24.3 Å². The quantitative estimate of drug-likeness (QED) is 0.543. The van der Waals surface area contributed by atoms with Crippen LogP contribution in [0.1, 0.15) is 23.0 Å². The summed E-state index contributed by atoms with van der Waals surface area (Å²) in [4.78, 5) is 21.9. The van der Waals surface area contributed by atoms with Crippen molar-refractivity contribution in [2.24, 2.45) is 0 Å². The third kappa shape index (κ3) is 3.80. The highest BCUT2D eigenvalue weighted by atomic mass is 32.1. The minimum absolute atomic E-state index is 0.0687. The summed E-state index contributed by atoms with van der Waals surface area (Å²) in [6.45, 7) is 0.806. The molecule has 1 aromatic carbocycles. The summed E-state index contributed by atoms with van der Waals surface area (Å²) in [6.07, 6.45) is 2.76. The fraction of sp³-hybridized carbons (Fsp3) is 0.222. The summed E-state index contributed by atoms with van der Waals surface area (Å²) < 4.78 is 7.16. The maximum Gasteiger partial charge on any atom is 0.246 e. The number of thiophene rings is 1. The third-order valence-electron chi connectivity index (χ3n) is 3.97. The van der Waals surface area contributed by atoms with E-state index in [2.05, 4.69) is 20.4 Å². The highest BCUT2D eigenvalue weighted by Gasteiger charge is 2.10. The molecule has 0 radical (unpaired) electrons. The van der Waals surface area contributed by atoms with Crippen molar-refractivity contribution in [2.45, 2.75) is 25.9 Å². The number of aromatic nitrogens is 4. The van der Waals surface area contributed by atoms with Crippen LogP contribution in [-0.4, -0.2) is 25.6 Å². The number of fused-ring (bicyclic) bond motifs is 1. The maximum absolute atomic E-state index is 12.1. The molecule has 0 fully saturated rings. The normalized spacial score (nSPS) is 11.1. The Labute approximate surface area is 153 Å². The smallest absolute Gasteiger partial charge is 0.246 e. The molecule has 132 valence electrons. The molecule has 0 spiro atoms. The number of imidazole rings is 1. The van der Waals surface area contributed by atoms with Crippen LogP contribution < -0.4 is 5.32 Å². The van der Waals surface area contributed by atoms with E-state index < -0.39 is 0 Å². The Hall–Kier alpha value is -3.00. The van der Waals surface area contributed by atoms with Gasteiger partial charge < -0.3 is 14.4 Å². The summed E-state index contributed by atoms with van der Waals surface area (Å²) in [7, 11) is 0. The van der Waals surface area contributed by atoms with Crippen molar-refractivity contribution in [1.82, 2.24) is 25.0 Å². The molecular weight excluding hydrogens is 350 g/mol. The standard InChI is InChI=1S/C18H17N5O2S/c24-17(7-8-23-12-20-14-5-1-2-6-15(14)23)19-11-18-21-16(22-25-18)10-13-4-3-9-26-13/h1-6,9,12H,7-8,10-11H2,(H,19,24). The lowest BCUT2D eigenvalue weighted by Crippen LogP contribution is -2.24. The Morgan fingerprint density at radius 2 is 2.15 bits per heavy atom. The van der Waals surface area contributed by atoms with E-state index in [-0.39, 0.29) is 12.5 Å². The molecule has 0 aliphatic carbocycles. The van der Waals surface area contributed by atoms with Crippen LogP contribution in [0.4, 0.5) is 0 Å². The molecule has 0 aliphatic heterocycles. The summed E-state index contributed by atoms with van der Waals surface area (Å²) >= 11 is 1.65. The van der Waals surface area contributed by atoms with Gasteiger partial charge in [-0.3, -0.25) is 4.79 Å². The lowest BCUT2D eigenvalue weighted by atomic mass is 10.3. The number of nitrogens with one attached hydrogen (secondary N) is 1. The number of para-hydroxylation sites is 2. The van der Waals surface area contributed by atoms with Gasteiger partial charge in [-0.05, 0) is 23.6 Å². The van der Waals surface area contributed by atoms with E-state index in [1.807, 2.05) is 46.3 Å². The first-order chi connectivity index (χ1) is 12.8. The summed E-state index contributed by atoms with van der Waals surface area (Å²) in [5.74, 6) is 0.973. The first-order valence-electron chi connectivity index (χ1n) is 8.28. The van der Waals surface area contributed by atoms with Crippen LogP contribution in [0.15, 0.2) is 52.6 Å². The van der Waals surface area contributed by atoms with Gasteiger partial charge >= 0.3 is 0 Å². The van der Waals surface area contributed by atoms with Gasteiger partial charge in [-0.2, -0.15) is 4.98 Å². The van der Waals surface area contributed by atoms with E-state index in [1.165, 1.54) is 4.88 Å². The Kier molecular flexibility index (Phi) is 4.74. The molecule has 0 unspecified atom stereocenters. The van der Waals surface area contributed by atoms with Crippen molar-refractivity contribution in [3.05, 3.63) is 64.7 Å². The predicted molar refractivity (Wildman–Crippen MR) is 97.6 cm³/mol. The Balaban J connectivity index is 1.27. The second kappa shape index (κ2) is 7.49. The van der Waals surface area contributed by atoms with Gasteiger partial charge in [0, 0.05) is 24.3 Å². The molecule has 1 N–H and O–H groups in total. The van der Waals surface area contributed by atoms with Crippen molar-refractivity contribution in [3.8, 4) is 0 Å². The molecule has 0 aliphatic rings. The molecule has 3 aromatic heterocycles. The highest BCUT2D eigenvalue weighted by Crippen LogP contribution is 2.13. The number of nitrogens with zero attached hydrogens (tertiary/aromatic N) is 4. The van der Waals surface area contributed by atoms with Gasteiger partial charge in [0.1, 0.15) is 0 Å². The zero-order chi connectivity index (χ0) is 17.8. The molecule has 0 saturated carbocycles. The first-order valence-corrected chi connectivity index (χ1v) is 9.16. The minimum Gasteiger partial charge on any atom is -0.347 e. The second-order valence-electron chi connectivity index (χ2n) is 5.81. The highest BCUT2D eigenvalue weighted by molar-refractivity contribution is 7.09. The van der Waals surface area contributed by atoms with Gasteiger partial charge in [-0.25, -0.2) is 4.98 Å². The fourth-order valence-corrected chi connectivity index (χ4v) is 3.38. The van der Waals surface area contributed by atoms with Crippen molar-refractivity contribution >= 4 is 28.3 Å². The predicted octanol–water partition coefficient (Wildman–Crippen LogP) is 2.78. The van der Waals surface area contributed by atoms with E-state index in [9.17, 15) is 4.79 Å². The summed E-state index contributed by atoms with van der Waals surface area (Å²) in [5.41, 5.74) is 1.95. The Morgan fingerprint density at radius 1 is 1.23 bits per heavy atom. The van der Waals surface area contributed by atoms with Gasteiger partial charge in [0.25, 0.3) is 0 Å². The van der Waals surface area contributed by atoms with Crippen LogP contribution in [0.25, 0.3) is 11.0 Å². The lowest BCUT2D eigenvalue weighted by molar-refractivity contribution is -0.121. The van der Waals surface area contributed by atoms with Gasteiger partial charge in [-0.15, -0.1) is 11.3 Å². The topological polar surface area (TPSA) is 85.8 Å². The summed E-state index contributed by atoms with van der Waals surface area (Å²) in [6, 6.07) is 11.9. The zero-order valence-electron chi connectivity index (χ0n) is 14.0. The molecule has 3 heterocycles. The van der Waals surface area contributed by atoms with Gasteiger partial charge in [0.15, 0.2) is 5.82 Å². The maximum atomic E-state index is 12.1. The average Bonchev–Trinajstić information content (AvgIpc) is 3.40.